The van der Waals surface area contributed by atoms with Crippen molar-refractivity contribution in [2.75, 3.05) is 7.11 Å². The van der Waals surface area contributed by atoms with Crippen LogP contribution in [0.3, 0.4) is 0 Å². The zero-order valence-electron chi connectivity index (χ0n) is 47.6. The number of aryl methyl sites for hydroxylation is 8. The second kappa shape index (κ2) is 27.1. The number of hydrogen-bond donors (Lipinski definition) is 1. The van der Waals surface area contributed by atoms with E-state index in [1.807, 2.05) is 152 Å². The molecule has 13 aromatic rings. The fourth-order valence-electron chi connectivity index (χ4n) is 8.19. The van der Waals surface area contributed by atoms with E-state index >= 15 is 0 Å². The van der Waals surface area contributed by atoms with Gasteiger partial charge in [-0.2, -0.15) is 5.10 Å². The van der Waals surface area contributed by atoms with Crippen molar-refractivity contribution < 1.29 is 40.2 Å². The molecule has 0 atom stereocenters. The van der Waals surface area contributed by atoms with Crippen LogP contribution in [0.5, 0.6) is 0 Å². The first kappa shape index (κ1) is 60.0. The molecule has 0 aliphatic rings. The molecule has 422 valence electrons. The third kappa shape index (κ3) is 15.5. The molecule has 0 saturated heterocycles. The van der Waals surface area contributed by atoms with Crippen molar-refractivity contribution >= 4 is 72.1 Å². The van der Waals surface area contributed by atoms with Crippen LogP contribution in [0.4, 0.5) is 0 Å². The van der Waals surface area contributed by atoms with Crippen LogP contribution in [-0.2, 0) is 30.6 Å². The second-order valence-electron chi connectivity index (χ2n) is 19.8. The number of hydrogen-bond acceptors (Lipinski definition) is 17. The molecule has 21 heteroatoms. The van der Waals surface area contributed by atoms with Gasteiger partial charge in [-0.05, 0) is 127 Å². The summed E-state index contributed by atoms with van der Waals surface area (Å²) in [5, 5.41) is 28.0. The quantitative estimate of drug-likeness (QED) is 0.0882. The Hall–Kier alpha value is -10.1. The van der Waals surface area contributed by atoms with Crippen LogP contribution in [0.2, 0.25) is 0 Å². The van der Waals surface area contributed by atoms with Crippen molar-refractivity contribution in [2.45, 2.75) is 68.7 Å². The predicted molar refractivity (Wildman–Crippen MR) is 317 cm³/mol. The number of carbonyl (C=O) groups is 3. The fourth-order valence-corrected chi connectivity index (χ4v) is 8.19. The fraction of sp³-hybridized carbons (Fsp3) is 0.175. The van der Waals surface area contributed by atoms with Crippen LogP contribution in [-0.4, -0.2) is 94.9 Å². The molecule has 20 nitrogen and oxygen atoms in total. The van der Waals surface area contributed by atoms with Gasteiger partial charge in [0.05, 0.1) is 41.1 Å². The maximum atomic E-state index is 11.6. The van der Waals surface area contributed by atoms with E-state index < -0.39 is 5.97 Å². The summed E-state index contributed by atoms with van der Waals surface area (Å²) in [7, 11) is 1.31. The second-order valence-corrected chi connectivity index (χ2v) is 19.8. The van der Waals surface area contributed by atoms with E-state index in [2.05, 4.69) is 116 Å². The van der Waals surface area contributed by atoms with Gasteiger partial charge in [-0.1, -0.05) is 84.2 Å². The summed E-state index contributed by atoms with van der Waals surface area (Å²) in [5.41, 5.74) is 15.1. The molecule has 0 fully saturated rings. The zero-order chi connectivity index (χ0) is 58.7. The van der Waals surface area contributed by atoms with E-state index in [0.717, 1.165) is 99.8 Å². The van der Waals surface area contributed by atoms with Crippen molar-refractivity contribution in [2.24, 2.45) is 0 Å². The topological polar surface area (TPSA) is 272 Å². The van der Waals surface area contributed by atoms with Gasteiger partial charge in [-0.3, -0.25) is 14.7 Å². The Morgan fingerprint density at radius 3 is 1.17 bits per heavy atom. The van der Waals surface area contributed by atoms with Crippen LogP contribution in [0.1, 0.15) is 79.5 Å². The molecule has 8 aromatic heterocycles. The van der Waals surface area contributed by atoms with Gasteiger partial charge in [0.1, 0.15) is 23.1 Å². The SMILES string of the molecule is CC(=O)CC(=O)c1ncc2ccc(C)cc2n1.COC(=O)c1ncc2ccc(C)cc2n1.Cc1ccc2cnc(-c3cc(C)[nH]n3)nc2c1.Cc1ccc2cnc(-c3cc(C)n[n-]3)nc2c1.Cc1ccc2cnc(-c3cc(C)n[n-]3)nc2c1.[Pt+2]. The minimum absolute atomic E-state index is 0. The number of nitrogens with one attached hydrogen (secondary N) is 1. The van der Waals surface area contributed by atoms with Gasteiger partial charge in [0.25, 0.3) is 0 Å². The minimum Gasteiger partial charge on any atom is -0.572 e. The molecule has 0 amide bonds. The first-order chi connectivity index (χ1) is 39.9. The Morgan fingerprint density at radius 2 is 0.810 bits per heavy atom. The third-order valence-corrected chi connectivity index (χ3v) is 12.4. The Bertz CT molecular complexity index is 4230. The number of rotatable bonds is 7. The van der Waals surface area contributed by atoms with Crippen LogP contribution >= 0.6 is 0 Å². The van der Waals surface area contributed by atoms with Crippen molar-refractivity contribution in [3.63, 3.8) is 0 Å². The van der Waals surface area contributed by atoms with Crippen molar-refractivity contribution in [1.29, 1.82) is 0 Å². The number of aromatic nitrogens is 16. The van der Waals surface area contributed by atoms with Gasteiger partial charge < -0.3 is 25.1 Å². The first-order valence-corrected chi connectivity index (χ1v) is 26.2. The summed E-state index contributed by atoms with van der Waals surface area (Å²) < 4.78 is 4.55. The van der Waals surface area contributed by atoms with Crippen LogP contribution in [0.25, 0.3) is 89.1 Å². The van der Waals surface area contributed by atoms with Gasteiger partial charge in [0.15, 0.2) is 11.6 Å². The normalized spacial score (nSPS) is 10.6. The maximum absolute atomic E-state index is 11.6. The molecular formula is C63H56N16O4Pt. The average Bonchev–Trinajstić information content (AvgIpc) is 4.36. The van der Waals surface area contributed by atoms with E-state index in [0.29, 0.717) is 17.5 Å². The molecule has 84 heavy (non-hydrogen) atoms. The van der Waals surface area contributed by atoms with E-state index in [9.17, 15) is 14.4 Å². The molecule has 0 aliphatic heterocycles. The summed E-state index contributed by atoms with van der Waals surface area (Å²) in [6.07, 6.45) is 8.56. The van der Waals surface area contributed by atoms with E-state index in [1.165, 1.54) is 30.7 Å². The van der Waals surface area contributed by atoms with Gasteiger partial charge in [-0.25, -0.2) is 54.6 Å². The zero-order valence-corrected chi connectivity index (χ0v) is 49.9. The van der Waals surface area contributed by atoms with E-state index in [-0.39, 0.29) is 50.7 Å². The number of fused-ring (bicyclic) bond motifs is 5. The standard InChI is InChI=1S/C13H12N4.2C13H11N4.C13H12N2O2.C11H10N2O2.Pt/c3*1-8-3-4-10-7-14-13(15-11(10)5-8)12-6-9(2)16-17-12;1-8-3-4-10-7-14-13(15-11(10)5-8)12(17)6-9(2)16;1-7-3-4-8-6-12-10(11(14)15-2)13-9(8)5-7;/h3-7H,1-2H3,(H,16,17);2*3-7H,1-2H3;3-5,7H,6H2,1-2H3;3-6H,1-2H3;/q;2*-1;;;+2. The predicted octanol–water partition coefficient (Wildman–Crippen LogP) is 11.0. The van der Waals surface area contributed by atoms with E-state index in [1.54, 1.807) is 12.4 Å². The summed E-state index contributed by atoms with van der Waals surface area (Å²) in [6.45, 7) is 17.2. The first-order valence-electron chi connectivity index (χ1n) is 26.2. The summed E-state index contributed by atoms with van der Waals surface area (Å²) >= 11 is 0. The number of ketones is 2. The molecular weight excluding hydrogens is 1240 g/mol. The van der Waals surface area contributed by atoms with Crippen LogP contribution < -0.4 is 10.2 Å². The smallest absolute Gasteiger partial charge is 0.572 e. The molecule has 13 rings (SSSR count). The summed E-state index contributed by atoms with van der Waals surface area (Å²) in [4.78, 5) is 76.4. The van der Waals surface area contributed by atoms with Crippen LogP contribution in [0, 0.1) is 55.4 Å². The number of ether oxygens (including phenoxy) is 1. The molecule has 8 heterocycles. The average molecular weight is 1300 g/mol. The van der Waals surface area contributed by atoms with Crippen molar-refractivity contribution in [3.05, 3.63) is 197 Å². The molecule has 0 spiro atoms. The molecule has 1 N–H and O–H groups in total. The largest absolute Gasteiger partial charge is 2.00 e. The van der Waals surface area contributed by atoms with Gasteiger partial charge in [0, 0.05) is 75.0 Å². The molecule has 0 radical (unpaired) electrons. The number of benzene rings is 5. The Balaban J connectivity index is 0.000000137. The number of H-pyrrole nitrogens is 1. The maximum Gasteiger partial charge on any atom is 2.00 e. The van der Waals surface area contributed by atoms with Crippen molar-refractivity contribution in [3.8, 4) is 34.6 Å². The third-order valence-electron chi connectivity index (χ3n) is 12.4. The van der Waals surface area contributed by atoms with Gasteiger partial charge >= 0.3 is 27.0 Å². The number of carbonyl (C=O) groups excluding carboxylic acids is 3. The number of esters is 1. The summed E-state index contributed by atoms with van der Waals surface area (Å²) in [5.74, 6) is 1.09. The Labute approximate surface area is 497 Å². The molecule has 0 saturated carbocycles. The minimum atomic E-state index is -0.515. The molecule has 0 unspecified atom stereocenters. The molecule has 0 bridgehead atoms. The Kier molecular flexibility index (Phi) is 19.4. The molecule has 5 aromatic carbocycles. The van der Waals surface area contributed by atoms with E-state index in [4.69, 9.17) is 0 Å². The Morgan fingerprint density at radius 1 is 0.452 bits per heavy atom. The van der Waals surface area contributed by atoms with Gasteiger partial charge in [-0.15, -0.1) is 0 Å². The number of Topliss-reactive ketones (excluding diaryl/α,β-unsaturated/α-hetero) is 2. The van der Waals surface area contributed by atoms with Crippen molar-refractivity contribution in [1.82, 2.24) is 80.4 Å². The molecule has 0 aliphatic carbocycles. The monoisotopic (exact) mass is 1300 g/mol. The number of nitrogens with zero attached hydrogens (tertiary/aromatic N) is 15. The van der Waals surface area contributed by atoms with Crippen LogP contribution in [0.15, 0.2) is 140 Å². The van der Waals surface area contributed by atoms with Gasteiger partial charge in [0.2, 0.25) is 11.6 Å². The number of methoxy groups -OCH3 is 1. The number of aromatic amines is 1. The summed E-state index contributed by atoms with van der Waals surface area (Å²) in [6, 6.07) is 35.7.